The maximum absolute atomic E-state index is 12.7. The Bertz CT molecular complexity index is 1260. The van der Waals surface area contributed by atoms with Crippen LogP contribution in [0, 0.1) is 0 Å². The van der Waals surface area contributed by atoms with Gasteiger partial charge in [-0.05, 0) is 69.5 Å². The molecule has 0 aliphatic carbocycles. The molecule has 182 valence electrons. The Balaban J connectivity index is 1.24. The van der Waals surface area contributed by atoms with Gasteiger partial charge in [-0.1, -0.05) is 23.4 Å². The topological polar surface area (TPSA) is 85.8 Å². The van der Waals surface area contributed by atoms with E-state index in [1.807, 2.05) is 6.20 Å². The van der Waals surface area contributed by atoms with Crippen LogP contribution in [0.4, 0.5) is 8.78 Å². The Morgan fingerprint density at radius 3 is 2.54 bits per heavy atom. The molecule has 5 rings (SSSR count). The van der Waals surface area contributed by atoms with Gasteiger partial charge in [0, 0.05) is 17.8 Å². The first-order valence-corrected chi connectivity index (χ1v) is 11.8. The maximum Gasteiger partial charge on any atom is 0.314 e. The average Bonchev–Trinajstić information content (AvgIpc) is 3.55. The third-order valence-corrected chi connectivity index (χ3v) is 6.48. The van der Waals surface area contributed by atoms with E-state index in [-0.39, 0.29) is 5.89 Å². The molecule has 1 fully saturated rings. The molecule has 0 radical (unpaired) electrons. The van der Waals surface area contributed by atoms with Gasteiger partial charge in [0.25, 0.3) is 5.89 Å². The van der Waals surface area contributed by atoms with Crippen molar-refractivity contribution in [1.82, 2.24) is 35.1 Å². The van der Waals surface area contributed by atoms with Crippen LogP contribution >= 0.6 is 0 Å². The van der Waals surface area contributed by atoms with Gasteiger partial charge >= 0.3 is 6.43 Å². The first-order chi connectivity index (χ1) is 17.0. The largest absolute Gasteiger partial charge is 0.415 e. The number of aromatic nitrogens is 6. The van der Waals surface area contributed by atoms with Gasteiger partial charge in [-0.25, -0.2) is 4.68 Å². The molecule has 10 heteroatoms. The van der Waals surface area contributed by atoms with Crippen LogP contribution in [-0.4, -0.2) is 54.2 Å². The number of hydrogen-bond donors (Lipinski definition) is 0. The summed E-state index contributed by atoms with van der Waals surface area (Å²) in [7, 11) is 0. The Morgan fingerprint density at radius 2 is 1.86 bits per heavy atom. The minimum Gasteiger partial charge on any atom is -0.415 e. The lowest BCUT2D eigenvalue weighted by Crippen LogP contribution is -2.37. The molecule has 0 amide bonds. The summed E-state index contributed by atoms with van der Waals surface area (Å²) in [6.07, 6.45) is 2.96. The second-order valence-corrected chi connectivity index (χ2v) is 9.12. The van der Waals surface area contributed by atoms with E-state index in [2.05, 4.69) is 68.5 Å². The molecule has 0 saturated carbocycles. The normalized spacial score (nSPS) is 15.4. The Kier molecular flexibility index (Phi) is 6.63. The molecule has 35 heavy (non-hydrogen) atoms. The summed E-state index contributed by atoms with van der Waals surface area (Å²) in [4.78, 5) is 6.91. The van der Waals surface area contributed by atoms with Gasteiger partial charge in [0.15, 0.2) is 0 Å². The maximum atomic E-state index is 12.7. The number of benzene rings is 1. The zero-order chi connectivity index (χ0) is 24.4. The number of hydrogen-bond acceptors (Lipinski definition) is 7. The lowest BCUT2D eigenvalue weighted by atomic mass is 9.88. The van der Waals surface area contributed by atoms with Gasteiger partial charge in [0.1, 0.15) is 5.69 Å². The van der Waals surface area contributed by atoms with Crippen molar-refractivity contribution in [1.29, 1.82) is 0 Å². The highest BCUT2D eigenvalue weighted by Crippen LogP contribution is 2.31. The molecule has 0 bridgehead atoms. The van der Waals surface area contributed by atoms with Crippen LogP contribution in [0.2, 0.25) is 0 Å². The smallest absolute Gasteiger partial charge is 0.314 e. The molecule has 4 aromatic rings. The van der Waals surface area contributed by atoms with E-state index >= 15 is 0 Å². The van der Waals surface area contributed by atoms with E-state index in [1.54, 1.807) is 16.8 Å². The van der Waals surface area contributed by atoms with Crippen molar-refractivity contribution in [3.63, 3.8) is 0 Å². The lowest BCUT2D eigenvalue weighted by Gasteiger charge is -2.34. The molecule has 8 nitrogen and oxygen atoms in total. The Hall–Kier alpha value is -3.53. The fraction of sp³-hybridized carbons (Fsp3) is 0.400. The molecule has 1 aliphatic heterocycles. The second kappa shape index (κ2) is 9.99. The van der Waals surface area contributed by atoms with Crippen LogP contribution in [0.15, 0.2) is 53.2 Å². The SMILES string of the molecule is CC(C)N1CCC(c2cccc(-c3cn(Cc4ccc(-c5nnc(C(F)F)o5)cn4)nn3)c2)CC1. The Morgan fingerprint density at radius 1 is 1.03 bits per heavy atom. The van der Waals surface area contributed by atoms with Crippen molar-refractivity contribution in [2.24, 2.45) is 0 Å². The predicted octanol–water partition coefficient (Wildman–Crippen LogP) is 4.96. The molecule has 0 atom stereocenters. The van der Waals surface area contributed by atoms with Crippen LogP contribution in [0.3, 0.4) is 0 Å². The highest BCUT2D eigenvalue weighted by molar-refractivity contribution is 5.59. The summed E-state index contributed by atoms with van der Waals surface area (Å²) in [5.74, 6) is -0.125. The van der Waals surface area contributed by atoms with Crippen molar-refractivity contribution in [2.45, 2.75) is 51.6 Å². The van der Waals surface area contributed by atoms with E-state index < -0.39 is 12.3 Å². The number of nitrogens with zero attached hydrogens (tertiary/aromatic N) is 7. The van der Waals surface area contributed by atoms with Gasteiger partial charge in [0.05, 0.1) is 24.0 Å². The molecule has 0 spiro atoms. The third kappa shape index (κ3) is 5.27. The fourth-order valence-electron chi connectivity index (χ4n) is 4.46. The predicted molar refractivity (Wildman–Crippen MR) is 126 cm³/mol. The lowest BCUT2D eigenvalue weighted by molar-refractivity contribution is 0.116. The number of halogens is 2. The molecule has 4 heterocycles. The number of pyridine rings is 1. The van der Waals surface area contributed by atoms with E-state index in [0.29, 0.717) is 24.1 Å². The first-order valence-electron chi connectivity index (χ1n) is 11.8. The van der Waals surface area contributed by atoms with Gasteiger partial charge in [-0.15, -0.1) is 15.3 Å². The van der Waals surface area contributed by atoms with Crippen LogP contribution < -0.4 is 0 Å². The van der Waals surface area contributed by atoms with Gasteiger partial charge in [-0.2, -0.15) is 8.78 Å². The summed E-state index contributed by atoms with van der Waals surface area (Å²) in [6, 6.07) is 12.7. The van der Waals surface area contributed by atoms with Crippen LogP contribution in [0.25, 0.3) is 22.7 Å². The first kappa shape index (κ1) is 23.2. The Labute approximate surface area is 202 Å². The molecular weight excluding hydrogens is 452 g/mol. The zero-order valence-electron chi connectivity index (χ0n) is 19.7. The minimum atomic E-state index is -2.80. The van der Waals surface area contributed by atoms with E-state index in [1.165, 1.54) is 24.6 Å². The van der Waals surface area contributed by atoms with E-state index in [4.69, 9.17) is 4.42 Å². The van der Waals surface area contributed by atoms with Gasteiger partial charge in [-0.3, -0.25) is 4.98 Å². The molecule has 1 aliphatic rings. The summed E-state index contributed by atoms with van der Waals surface area (Å²) >= 11 is 0. The number of alkyl halides is 2. The summed E-state index contributed by atoms with van der Waals surface area (Å²) in [5.41, 5.74) is 4.43. The minimum absolute atomic E-state index is 0.0113. The molecule has 0 unspecified atom stereocenters. The highest BCUT2D eigenvalue weighted by Gasteiger charge is 2.22. The fourth-order valence-corrected chi connectivity index (χ4v) is 4.46. The summed E-state index contributed by atoms with van der Waals surface area (Å²) in [6.45, 7) is 7.20. The molecule has 0 N–H and O–H groups in total. The average molecular weight is 480 g/mol. The van der Waals surface area contributed by atoms with Crippen molar-refractivity contribution >= 4 is 0 Å². The van der Waals surface area contributed by atoms with Crippen LogP contribution in [-0.2, 0) is 6.54 Å². The highest BCUT2D eigenvalue weighted by atomic mass is 19.3. The van der Waals surface area contributed by atoms with Crippen molar-refractivity contribution in [2.75, 3.05) is 13.1 Å². The number of likely N-dealkylation sites (tertiary alicyclic amines) is 1. The monoisotopic (exact) mass is 479 g/mol. The van der Waals surface area contributed by atoms with Crippen molar-refractivity contribution in [3.05, 3.63) is 65.9 Å². The quantitative estimate of drug-likeness (QED) is 0.370. The summed E-state index contributed by atoms with van der Waals surface area (Å²) < 4.78 is 32.0. The van der Waals surface area contributed by atoms with E-state index in [9.17, 15) is 8.78 Å². The van der Waals surface area contributed by atoms with E-state index in [0.717, 1.165) is 30.0 Å². The molecule has 1 saturated heterocycles. The van der Waals surface area contributed by atoms with Gasteiger partial charge < -0.3 is 9.32 Å². The van der Waals surface area contributed by atoms with Crippen LogP contribution in [0.5, 0.6) is 0 Å². The molecule has 3 aromatic heterocycles. The van der Waals surface area contributed by atoms with Crippen molar-refractivity contribution in [3.8, 4) is 22.7 Å². The van der Waals surface area contributed by atoms with Gasteiger partial charge in [0.2, 0.25) is 5.89 Å². The second-order valence-electron chi connectivity index (χ2n) is 9.12. The third-order valence-electron chi connectivity index (χ3n) is 6.48. The summed E-state index contributed by atoms with van der Waals surface area (Å²) in [5, 5.41) is 15.6. The molecule has 1 aromatic carbocycles. The molecular formula is C25H27F2N7O. The number of rotatable bonds is 7. The zero-order valence-corrected chi connectivity index (χ0v) is 19.7. The standard InChI is InChI=1S/C25H27F2N7O/c1-16(2)33-10-8-17(9-11-33)18-4-3-5-19(12-18)22-15-34(32-29-22)14-21-7-6-20(13-28-21)24-30-31-25(35-24)23(26)27/h3-7,12-13,15-17,23H,8-11,14H2,1-2H3. The van der Waals surface area contributed by atoms with Crippen molar-refractivity contribution < 1.29 is 13.2 Å². The number of piperidine rings is 1. The van der Waals surface area contributed by atoms with Crippen LogP contribution in [0.1, 0.15) is 56.2 Å².